The Balaban J connectivity index is 1.84. The van der Waals surface area contributed by atoms with Crippen molar-refractivity contribution in [2.24, 2.45) is 0 Å². The second kappa shape index (κ2) is 6.76. The lowest BCUT2D eigenvalue weighted by atomic mass is 10.1. The van der Waals surface area contributed by atoms with E-state index >= 15 is 0 Å². The van der Waals surface area contributed by atoms with Crippen molar-refractivity contribution in [1.82, 2.24) is 0 Å². The Kier molecular flexibility index (Phi) is 5.02. The maximum atomic E-state index is 5.88. The third-order valence-corrected chi connectivity index (χ3v) is 3.33. The molecule has 3 nitrogen and oxygen atoms in total. The van der Waals surface area contributed by atoms with E-state index in [-0.39, 0.29) is 12.2 Å². The number of hydrogen-bond acceptors (Lipinski definition) is 3. The van der Waals surface area contributed by atoms with Crippen LogP contribution in [0.3, 0.4) is 0 Å². The van der Waals surface area contributed by atoms with Gasteiger partial charge in [-0.2, -0.15) is 0 Å². The minimum absolute atomic E-state index is 0.0637. The maximum absolute atomic E-state index is 5.88. The van der Waals surface area contributed by atoms with Crippen LogP contribution in [0.1, 0.15) is 37.9 Å². The fourth-order valence-corrected chi connectivity index (χ4v) is 2.15. The molecule has 0 amide bonds. The zero-order chi connectivity index (χ0) is 12.8. The molecule has 1 aliphatic rings. The normalized spacial score (nSPS) is 23.9. The molecule has 0 spiro atoms. The average molecular weight is 250 g/mol. The Labute approximate surface area is 109 Å². The van der Waals surface area contributed by atoms with Gasteiger partial charge >= 0.3 is 0 Å². The Morgan fingerprint density at radius 1 is 1.17 bits per heavy atom. The van der Waals surface area contributed by atoms with Gasteiger partial charge in [0.1, 0.15) is 11.9 Å². The largest absolute Gasteiger partial charge is 0.497 e. The van der Waals surface area contributed by atoms with Crippen LogP contribution in [0.5, 0.6) is 5.75 Å². The van der Waals surface area contributed by atoms with Gasteiger partial charge in [-0.3, -0.25) is 0 Å². The molecular formula is C15H22O3. The summed E-state index contributed by atoms with van der Waals surface area (Å²) in [4.78, 5) is 0. The van der Waals surface area contributed by atoms with E-state index in [9.17, 15) is 0 Å². The van der Waals surface area contributed by atoms with Crippen LogP contribution in [0.25, 0.3) is 0 Å². The lowest BCUT2D eigenvalue weighted by Crippen LogP contribution is -2.31. The quantitative estimate of drug-likeness (QED) is 0.802. The molecule has 0 N–H and O–H groups in total. The van der Waals surface area contributed by atoms with Gasteiger partial charge in [-0.1, -0.05) is 31.9 Å². The molecule has 1 aliphatic heterocycles. The Hall–Kier alpha value is -1.06. The molecule has 1 aromatic rings. The van der Waals surface area contributed by atoms with E-state index in [0.717, 1.165) is 17.7 Å². The summed E-state index contributed by atoms with van der Waals surface area (Å²) in [6, 6.07) is 8.00. The summed E-state index contributed by atoms with van der Waals surface area (Å²) < 4.78 is 16.9. The van der Waals surface area contributed by atoms with Crippen molar-refractivity contribution in [3.8, 4) is 5.75 Å². The number of ether oxygens (including phenoxy) is 3. The van der Waals surface area contributed by atoms with E-state index in [0.29, 0.717) is 13.2 Å². The molecular weight excluding hydrogens is 228 g/mol. The summed E-state index contributed by atoms with van der Waals surface area (Å²) in [5, 5.41) is 0. The summed E-state index contributed by atoms with van der Waals surface area (Å²) in [5.74, 6) is 0.872. The van der Waals surface area contributed by atoms with Crippen molar-refractivity contribution in [3.63, 3.8) is 0 Å². The molecule has 1 saturated heterocycles. The molecule has 0 aromatic heterocycles. The molecule has 0 saturated carbocycles. The van der Waals surface area contributed by atoms with Gasteiger partial charge in [-0.15, -0.1) is 0 Å². The van der Waals surface area contributed by atoms with Crippen molar-refractivity contribution >= 4 is 0 Å². The molecule has 1 fully saturated rings. The first-order valence-electron chi connectivity index (χ1n) is 6.70. The highest BCUT2D eigenvalue weighted by atomic mass is 16.6. The van der Waals surface area contributed by atoms with Gasteiger partial charge in [0.2, 0.25) is 0 Å². The fourth-order valence-electron chi connectivity index (χ4n) is 2.15. The van der Waals surface area contributed by atoms with Crippen LogP contribution in [-0.2, 0) is 9.47 Å². The standard InChI is InChI=1S/C15H22O3/c1-3-4-5-14-10-18-15(11-17-14)12-6-8-13(16-2)9-7-12/h6-9,14-15H,3-5,10-11H2,1-2H3/t14-,15-/m1/s1. The fraction of sp³-hybridized carbons (Fsp3) is 0.600. The molecule has 0 radical (unpaired) electrons. The highest BCUT2D eigenvalue weighted by Gasteiger charge is 2.22. The summed E-state index contributed by atoms with van der Waals surface area (Å²) >= 11 is 0. The monoisotopic (exact) mass is 250 g/mol. The third kappa shape index (κ3) is 3.47. The summed E-state index contributed by atoms with van der Waals surface area (Å²) in [7, 11) is 1.67. The van der Waals surface area contributed by atoms with E-state index in [1.165, 1.54) is 12.8 Å². The van der Waals surface area contributed by atoms with E-state index < -0.39 is 0 Å². The number of rotatable bonds is 5. The van der Waals surface area contributed by atoms with Crippen LogP contribution in [0.4, 0.5) is 0 Å². The molecule has 1 aromatic carbocycles. The SMILES string of the molecule is CCCC[C@@H]1CO[C@@H](c2ccc(OC)cc2)CO1. The molecule has 3 heteroatoms. The van der Waals surface area contributed by atoms with Gasteiger partial charge < -0.3 is 14.2 Å². The minimum Gasteiger partial charge on any atom is -0.497 e. The summed E-state index contributed by atoms with van der Waals surface area (Å²) in [6.45, 7) is 3.56. The van der Waals surface area contributed by atoms with Gasteiger partial charge in [0.15, 0.2) is 0 Å². The zero-order valence-electron chi connectivity index (χ0n) is 11.2. The number of benzene rings is 1. The van der Waals surface area contributed by atoms with E-state index in [2.05, 4.69) is 6.92 Å². The molecule has 0 aliphatic carbocycles. The van der Waals surface area contributed by atoms with E-state index in [4.69, 9.17) is 14.2 Å². The summed E-state index contributed by atoms with van der Waals surface area (Å²) in [5.41, 5.74) is 1.16. The van der Waals surface area contributed by atoms with Crippen LogP contribution in [0, 0.1) is 0 Å². The van der Waals surface area contributed by atoms with Crippen LogP contribution in [0.15, 0.2) is 24.3 Å². The Morgan fingerprint density at radius 3 is 2.50 bits per heavy atom. The van der Waals surface area contributed by atoms with Gasteiger partial charge in [0.05, 0.1) is 26.4 Å². The molecule has 2 atom stereocenters. The first kappa shape index (κ1) is 13.4. The highest BCUT2D eigenvalue weighted by molar-refractivity contribution is 5.28. The van der Waals surface area contributed by atoms with E-state index in [1.54, 1.807) is 7.11 Å². The molecule has 18 heavy (non-hydrogen) atoms. The van der Waals surface area contributed by atoms with Crippen LogP contribution in [0.2, 0.25) is 0 Å². The van der Waals surface area contributed by atoms with Crippen LogP contribution in [-0.4, -0.2) is 26.4 Å². The first-order valence-corrected chi connectivity index (χ1v) is 6.70. The Morgan fingerprint density at radius 2 is 1.94 bits per heavy atom. The van der Waals surface area contributed by atoms with E-state index in [1.807, 2.05) is 24.3 Å². The topological polar surface area (TPSA) is 27.7 Å². The lowest BCUT2D eigenvalue weighted by Gasteiger charge is -2.29. The van der Waals surface area contributed by atoms with Gasteiger partial charge in [0.25, 0.3) is 0 Å². The van der Waals surface area contributed by atoms with Crippen molar-refractivity contribution < 1.29 is 14.2 Å². The van der Waals surface area contributed by atoms with Crippen LogP contribution >= 0.6 is 0 Å². The highest BCUT2D eigenvalue weighted by Crippen LogP contribution is 2.25. The average Bonchev–Trinajstić information content (AvgIpc) is 2.46. The zero-order valence-corrected chi connectivity index (χ0v) is 11.2. The van der Waals surface area contributed by atoms with Gasteiger partial charge in [0, 0.05) is 0 Å². The number of unbranched alkanes of at least 4 members (excludes halogenated alkanes) is 1. The smallest absolute Gasteiger partial charge is 0.118 e. The number of hydrogen-bond donors (Lipinski definition) is 0. The number of methoxy groups -OCH3 is 1. The minimum atomic E-state index is 0.0637. The second-order valence-electron chi connectivity index (χ2n) is 4.69. The summed E-state index contributed by atoms with van der Waals surface area (Å²) in [6.07, 6.45) is 3.86. The predicted molar refractivity (Wildman–Crippen MR) is 71.0 cm³/mol. The molecule has 0 unspecified atom stereocenters. The van der Waals surface area contributed by atoms with Crippen molar-refractivity contribution in [2.75, 3.05) is 20.3 Å². The second-order valence-corrected chi connectivity index (χ2v) is 4.69. The lowest BCUT2D eigenvalue weighted by molar-refractivity contribution is -0.137. The van der Waals surface area contributed by atoms with Gasteiger partial charge in [-0.05, 0) is 24.1 Å². The predicted octanol–water partition coefficient (Wildman–Crippen LogP) is 3.34. The molecule has 1 heterocycles. The van der Waals surface area contributed by atoms with Crippen molar-refractivity contribution in [2.45, 2.75) is 38.4 Å². The maximum Gasteiger partial charge on any atom is 0.118 e. The van der Waals surface area contributed by atoms with Crippen LogP contribution < -0.4 is 4.74 Å². The molecule has 100 valence electrons. The molecule has 2 rings (SSSR count). The first-order chi connectivity index (χ1) is 8.83. The third-order valence-electron chi connectivity index (χ3n) is 3.33. The van der Waals surface area contributed by atoms with Crippen molar-refractivity contribution in [3.05, 3.63) is 29.8 Å². The van der Waals surface area contributed by atoms with Gasteiger partial charge in [-0.25, -0.2) is 0 Å². The Bertz CT molecular complexity index is 339. The van der Waals surface area contributed by atoms with Crippen molar-refractivity contribution in [1.29, 1.82) is 0 Å². The molecule has 0 bridgehead atoms.